The Bertz CT molecular complexity index is 846. The molecule has 2 unspecified atom stereocenters. The second kappa shape index (κ2) is 18.0. The number of ether oxygens (including phenoxy) is 1. The van der Waals surface area contributed by atoms with Crippen molar-refractivity contribution in [1.82, 2.24) is 10.7 Å². The molecule has 0 heterocycles. The van der Waals surface area contributed by atoms with Gasteiger partial charge in [-0.25, -0.2) is 10.6 Å². The summed E-state index contributed by atoms with van der Waals surface area (Å²) in [4.78, 5) is 11.9. The van der Waals surface area contributed by atoms with Crippen LogP contribution in [0.2, 0.25) is 0 Å². The van der Waals surface area contributed by atoms with Crippen molar-refractivity contribution in [1.29, 1.82) is 0 Å². The van der Waals surface area contributed by atoms with Crippen molar-refractivity contribution in [3.05, 3.63) is 54.1 Å². The predicted molar refractivity (Wildman–Crippen MR) is 151 cm³/mol. The summed E-state index contributed by atoms with van der Waals surface area (Å²) in [5.74, 6) is 6.90. The molecule has 2 aromatic carbocycles. The number of unbranched alkanes of at least 4 members (excludes halogenated alkanes) is 9. The lowest BCUT2D eigenvalue weighted by Crippen LogP contribution is -2.45. The molecule has 7 heteroatoms. The van der Waals surface area contributed by atoms with Crippen molar-refractivity contribution in [2.45, 2.75) is 102 Å². The van der Waals surface area contributed by atoms with Gasteiger partial charge >= 0.3 is 6.03 Å². The first-order valence-corrected chi connectivity index (χ1v) is 14.4. The number of nitrogens with one attached hydrogen (secondary N) is 2. The van der Waals surface area contributed by atoms with Crippen molar-refractivity contribution < 1.29 is 14.6 Å². The van der Waals surface area contributed by atoms with Crippen molar-refractivity contribution in [3.63, 3.8) is 0 Å². The van der Waals surface area contributed by atoms with Crippen LogP contribution < -0.4 is 21.3 Å². The molecule has 2 aromatic rings. The highest BCUT2D eigenvalue weighted by Gasteiger charge is 2.17. The van der Waals surface area contributed by atoms with Crippen LogP contribution in [0.1, 0.15) is 90.0 Å². The van der Waals surface area contributed by atoms with Crippen LogP contribution in [0.25, 0.3) is 0 Å². The number of phenols is 1. The van der Waals surface area contributed by atoms with E-state index in [1.807, 2.05) is 24.3 Å². The molecule has 0 fully saturated rings. The number of hydrazine groups is 1. The summed E-state index contributed by atoms with van der Waals surface area (Å²) < 4.78 is 5.83. The Labute approximate surface area is 221 Å². The van der Waals surface area contributed by atoms with E-state index in [4.69, 9.17) is 10.6 Å². The molecule has 2 atom stereocenters. The highest BCUT2D eigenvalue weighted by atomic mass is 32.2. The van der Waals surface area contributed by atoms with Crippen LogP contribution in [0, 0.1) is 0 Å². The maximum atomic E-state index is 11.9. The summed E-state index contributed by atoms with van der Waals surface area (Å²) >= 11 is 1.79. The molecule has 200 valence electrons. The summed E-state index contributed by atoms with van der Waals surface area (Å²) in [7, 11) is 0. The average Bonchev–Trinajstić information content (AvgIpc) is 2.87. The van der Waals surface area contributed by atoms with E-state index < -0.39 is 0 Å². The number of hydrogen-bond acceptors (Lipinski definition) is 5. The van der Waals surface area contributed by atoms with Crippen molar-refractivity contribution in [2.24, 2.45) is 5.84 Å². The third kappa shape index (κ3) is 13.1. The molecule has 6 nitrogen and oxygen atoms in total. The van der Waals surface area contributed by atoms with Gasteiger partial charge in [-0.2, -0.15) is 0 Å². The van der Waals surface area contributed by atoms with E-state index in [1.54, 1.807) is 36.0 Å². The number of phenolic OH excluding ortho intramolecular Hbond substituents is 1. The zero-order valence-electron chi connectivity index (χ0n) is 22.0. The second-order valence-electron chi connectivity index (χ2n) is 9.47. The molecule has 0 aliphatic rings. The summed E-state index contributed by atoms with van der Waals surface area (Å²) in [6.45, 7) is 4.50. The quantitative estimate of drug-likeness (QED) is 0.0537. The molecule has 36 heavy (non-hydrogen) atoms. The maximum absolute atomic E-state index is 11.9. The monoisotopic (exact) mass is 515 g/mol. The van der Waals surface area contributed by atoms with E-state index >= 15 is 0 Å². The fourth-order valence-corrected chi connectivity index (χ4v) is 5.47. The molecule has 2 amide bonds. The molecule has 2 rings (SSSR count). The Kier molecular flexibility index (Phi) is 14.9. The first kappa shape index (κ1) is 29.8. The number of amides is 2. The maximum Gasteiger partial charge on any atom is 0.329 e. The lowest BCUT2D eigenvalue weighted by molar-refractivity contribution is 0.240. The Morgan fingerprint density at radius 3 is 1.97 bits per heavy atom. The standard InChI is InChI=1S/C29H45N3O3S/c1-3-4-5-6-7-8-9-10-11-12-13-23(2)36-28(31-29(34)32-30)22-24-14-18-26(19-15-24)35-27-20-16-25(33)17-21-27/h14-21,23,28,33H,3-13,22,30H2,1-2H3,(H2,31,32,34). The Morgan fingerprint density at radius 2 is 1.42 bits per heavy atom. The third-order valence-corrected chi connectivity index (χ3v) is 7.51. The van der Waals surface area contributed by atoms with Crippen LogP contribution in [0.4, 0.5) is 4.79 Å². The lowest BCUT2D eigenvalue weighted by atomic mass is 10.1. The summed E-state index contributed by atoms with van der Waals surface area (Å²) in [6, 6.07) is 14.1. The molecule has 0 aromatic heterocycles. The van der Waals surface area contributed by atoms with Gasteiger partial charge in [0.05, 0.1) is 5.37 Å². The van der Waals surface area contributed by atoms with E-state index in [2.05, 4.69) is 24.6 Å². The SMILES string of the molecule is CCCCCCCCCCCCC(C)SC(Cc1ccc(Oc2ccc(O)cc2)cc1)NC(=O)NN. The van der Waals surface area contributed by atoms with Crippen LogP contribution in [-0.4, -0.2) is 21.8 Å². The van der Waals surface area contributed by atoms with Gasteiger partial charge in [-0.15, -0.1) is 11.8 Å². The fraction of sp³-hybridized carbons (Fsp3) is 0.552. The summed E-state index contributed by atoms with van der Waals surface area (Å²) in [6.07, 6.45) is 15.2. The van der Waals surface area contributed by atoms with Gasteiger partial charge in [-0.1, -0.05) is 90.2 Å². The van der Waals surface area contributed by atoms with Gasteiger partial charge in [0, 0.05) is 11.7 Å². The molecular weight excluding hydrogens is 470 g/mol. The highest BCUT2D eigenvalue weighted by Crippen LogP contribution is 2.27. The summed E-state index contributed by atoms with van der Waals surface area (Å²) in [5.41, 5.74) is 3.29. The highest BCUT2D eigenvalue weighted by molar-refractivity contribution is 8.00. The number of carbonyl (C=O) groups is 1. The molecule has 0 saturated heterocycles. The Balaban J connectivity index is 1.74. The number of rotatable bonds is 18. The number of carbonyl (C=O) groups excluding carboxylic acids is 1. The number of aromatic hydroxyl groups is 1. The van der Waals surface area contributed by atoms with Crippen LogP contribution in [0.15, 0.2) is 48.5 Å². The molecule has 0 saturated carbocycles. The van der Waals surface area contributed by atoms with Gasteiger partial charge in [0.2, 0.25) is 0 Å². The van der Waals surface area contributed by atoms with Gasteiger partial charge in [-0.05, 0) is 48.4 Å². The molecule has 0 radical (unpaired) electrons. The molecule has 5 N–H and O–H groups in total. The minimum absolute atomic E-state index is 0.0736. The lowest BCUT2D eigenvalue weighted by Gasteiger charge is -2.22. The minimum atomic E-state index is -0.370. The molecule has 0 bridgehead atoms. The second-order valence-corrected chi connectivity index (χ2v) is 11.1. The smallest absolute Gasteiger partial charge is 0.329 e. The first-order valence-electron chi connectivity index (χ1n) is 13.5. The predicted octanol–water partition coefficient (Wildman–Crippen LogP) is 7.66. The third-order valence-electron chi connectivity index (χ3n) is 6.20. The van der Waals surface area contributed by atoms with Gasteiger partial charge in [0.1, 0.15) is 17.2 Å². The van der Waals surface area contributed by atoms with Gasteiger partial charge in [0.15, 0.2) is 0 Å². The van der Waals surface area contributed by atoms with E-state index in [0.717, 1.165) is 17.7 Å². The van der Waals surface area contributed by atoms with Crippen LogP contribution in [-0.2, 0) is 6.42 Å². The van der Waals surface area contributed by atoms with Crippen LogP contribution in [0.5, 0.6) is 17.2 Å². The molecule has 0 aliphatic heterocycles. The van der Waals surface area contributed by atoms with E-state index in [0.29, 0.717) is 17.4 Å². The van der Waals surface area contributed by atoms with Crippen molar-refractivity contribution >= 4 is 17.8 Å². The minimum Gasteiger partial charge on any atom is -0.508 e. The number of nitrogens with two attached hydrogens (primary N) is 1. The van der Waals surface area contributed by atoms with Crippen molar-refractivity contribution in [3.8, 4) is 17.2 Å². The fourth-order valence-electron chi connectivity index (χ4n) is 4.15. The Hall–Kier alpha value is -2.38. The van der Waals surface area contributed by atoms with E-state index in [9.17, 15) is 9.90 Å². The largest absolute Gasteiger partial charge is 0.508 e. The van der Waals surface area contributed by atoms with E-state index in [-0.39, 0.29) is 17.2 Å². The first-order chi connectivity index (χ1) is 17.5. The molecule has 0 aliphatic carbocycles. The number of benzene rings is 2. The number of thioether (sulfide) groups is 1. The van der Waals surface area contributed by atoms with Gasteiger partial charge in [-0.3, -0.25) is 5.43 Å². The van der Waals surface area contributed by atoms with Crippen LogP contribution >= 0.6 is 11.8 Å². The molecule has 0 spiro atoms. The average molecular weight is 516 g/mol. The number of hydrogen-bond donors (Lipinski definition) is 4. The topological polar surface area (TPSA) is 96.6 Å². The summed E-state index contributed by atoms with van der Waals surface area (Å²) in [5, 5.41) is 12.8. The van der Waals surface area contributed by atoms with E-state index in [1.165, 1.54) is 64.2 Å². The number of urea groups is 1. The molecular formula is C29H45N3O3S. The zero-order chi connectivity index (χ0) is 26.0. The van der Waals surface area contributed by atoms with Gasteiger partial charge in [0.25, 0.3) is 0 Å². The zero-order valence-corrected chi connectivity index (χ0v) is 22.8. The van der Waals surface area contributed by atoms with Crippen molar-refractivity contribution in [2.75, 3.05) is 0 Å². The normalized spacial score (nSPS) is 12.6. The van der Waals surface area contributed by atoms with Crippen LogP contribution in [0.3, 0.4) is 0 Å². The Morgan fingerprint density at radius 1 is 0.889 bits per heavy atom. The van der Waals surface area contributed by atoms with Gasteiger partial charge < -0.3 is 15.2 Å².